The maximum absolute atomic E-state index is 14.0. The molecule has 2 N–H and O–H groups in total. The van der Waals surface area contributed by atoms with E-state index in [0.29, 0.717) is 19.6 Å². The summed E-state index contributed by atoms with van der Waals surface area (Å²) in [6, 6.07) is 3.44. The van der Waals surface area contributed by atoms with Crippen LogP contribution in [0.4, 0.5) is 15.9 Å². The molecule has 104 valence electrons. The number of hydrogen-bond donors (Lipinski definition) is 1. The van der Waals surface area contributed by atoms with Crippen LogP contribution in [0.1, 0.15) is 11.3 Å². The minimum Gasteiger partial charge on any atom is -0.382 e. The van der Waals surface area contributed by atoms with Gasteiger partial charge in [0.2, 0.25) is 0 Å². The van der Waals surface area contributed by atoms with E-state index in [0.717, 1.165) is 17.3 Å². The van der Waals surface area contributed by atoms with Gasteiger partial charge < -0.3 is 10.5 Å². The van der Waals surface area contributed by atoms with Gasteiger partial charge in [-0.1, -0.05) is 0 Å². The molecule has 0 saturated carbocycles. The first-order valence-electron chi connectivity index (χ1n) is 5.96. The number of rotatable bonds is 2. The van der Waals surface area contributed by atoms with Gasteiger partial charge in [0.1, 0.15) is 5.69 Å². The van der Waals surface area contributed by atoms with Crippen LogP contribution in [0.15, 0.2) is 18.2 Å². The number of benzene rings is 1. The molecule has 0 spiro atoms. The maximum atomic E-state index is 14.0. The van der Waals surface area contributed by atoms with Gasteiger partial charge in [-0.3, -0.25) is 10.1 Å². The summed E-state index contributed by atoms with van der Waals surface area (Å²) < 4.78 is 20.7. The molecular weight excluding hydrogens is 267 g/mol. The lowest BCUT2D eigenvalue weighted by Crippen LogP contribution is -2.13. The molecule has 1 aromatic heterocycles. The first-order valence-corrected chi connectivity index (χ1v) is 5.96. The van der Waals surface area contributed by atoms with Crippen molar-refractivity contribution >= 4 is 11.5 Å². The number of ether oxygens (including phenoxy) is 1. The van der Waals surface area contributed by atoms with Crippen LogP contribution >= 0.6 is 0 Å². The van der Waals surface area contributed by atoms with E-state index >= 15 is 0 Å². The van der Waals surface area contributed by atoms with Gasteiger partial charge in [-0.25, -0.2) is 9.07 Å². The Morgan fingerprint density at radius 1 is 1.50 bits per heavy atom. The third-order valence-electron chi connectivity index (χ3n) is 3.22. The van der Waals surface area contributed by atoms with Crippen LogP contribution in [-0.4, -0.2) is 21.3 Å². The molecule has 0 radical (unpaired) electrons. The van der Waals surface area contributed by atoms with Gasteiger partial charge in [0, 0.05) is 18.1 Å². The number of hydrogen-bond acceptors (Lipinski definition) is 5. The molecule has 2 aromatic rings. The molecule has 0 atom stereocenters. The molecule has 0 fully saturated rings. The Kier molecular flexibility index (Phi) is 2.87. The average Bonchev–Trinajstić information content (AvgIpc) is 2.76. The predicted octanol–water partition coefficient (Wildman–Crippen LogP) is 1.57. The van der Waals surface area contributed by atoms with Gasteiger partial charge in [0.15, 0.2) is 11.6 Å². The number of aromatic nitrogens is 2. The quantitative estimate of drug-likeness (QED) is 0.664. The SMILES string of the molecule is Nc1nn(-c2ccc([N+](=O)[O-])cc2F)c2c1COCC2. The highest BCUT2D eigenvalue weighted by molar-refractivity contribution is 5.49. The number of halogens is 1. The zero-order valence-electron chi connectivity index (χ0n) is 10.4. The predicted molar refractivity (Wildman–Crippen MR) is 67.9 cm³/mol. The van der Waals surface area contributed by atoms with Crippen molar-refractivity contribution in [3.05, 3.63) is 45.4 Å². The number of nitrogen functional groups attached to an aromatic ring is 1. The summed E-state index contributed by atoms with van der Waals surface area (Å²) in [4.78, 5) is 9.97. The zero-order chi connectivity index (χ0) is 14.3. The van der Waals surface area contributed by atoms with Crippen molar-refractivity contribution in [2.45, 2.75) is 13.0 Å². The van der Waals surface area contributed by atoms with Crippen LogP contribution in [0.25, 0.3) is 5.69 Å². The van der Waals surface area contributed by atoms with Crippen LogP contribution in [0.2, 0.25) is 0 Å². The molecule has 0 unspecified atom stereocenters. The second kappa shape index (κ2) is 4.57. The lowest BCUT2D eigenvalue weighted by molar-refractivity contribution is -0.385. The molecule has 1 aliphatic rings. The van der Waals surface area contributed by atoms with Crippen LogP contribution in [0.5, 0.6) is 0 Å². The van der Waals surface area contributed by atoms with Gasteiger partial charge in [0.05, 0.1) is 29.9 Å². The van der Waals surface area contributed by atoms with Gasteiger partial charge >= 0.3 is 0 Å². The van der Waals surface area contributed by atoms with E-state index in [1.165, 1.54) is 16.8 Å². The molecule has 3 rings (SSSR count). The summed E-state index contributed by atoms with van der Waals surface area (Å²) in [5.74, 6) is -0.423. The summed E-state index contributed by atoms with van der Waals surface area (Å²) >= 11 is 0. The minimum atomic E-state index is -0.712. The second-order valence-corrected chi connectivity index (χ2v) is 4.42. The van der Waals surface area contributed by atoms with Crippen LogP contribution in [-0.2, 0) is 17.8 Å². The molecule has 1 aliphatic heterocycles. The Labute approximate surface area is 112 Å². The second-order valence-electron chi connectivity index (χ2n) is 4.42. The molecule has 7 nitrogen and oxygen atoms in total. The molecule has 2 heterocycles. The van der Waals surface area contributed by atoms with E-state index in [2.05, 4.69) is 5.10 Å². The lowest BCUT2D eigenvalue weighted by Gasteiger charge is -2.14. The van der Waals surface area contributed by atoms with Gasteiger partial charge in [-0.15, -0.1) is 5.10 Å². The Hall–Kier alpha value is -2.48. The molecule has 0 amide bonds. The highest BCUT2D eigenvalue weighted by atomic mass is 19.1. The number of nitrogens with zero attached hydrogens (tertiary/aromatic N) is 3. The van der Waals surface area contributed by atoms with E-state index in [1.54, 1.807) is 0 Å². The third-order valence-corrected chi connectivity index (χ3v) is 3.22. The standard InChI is InChI=1S/C12H11FN4O3/c13-9-5-7(17(18)19)1-2-11(9)16-10-3-4-20-6-8(10)12(14)15-16/h1-2,5H,3-4,6H2,(H2,14,15). The summed E-state index contributed by atoms with van der Waals surface area (Å²) in [6.07, 6.45) is 0.565. The van der Waals surface area contributed by atoms with Crippen molar-refractivity contribution in [1.82, 2.24) is 9.78 Å². The number of anilines is 1. The summed E-state index contributed by atoms with van der Waals surface area (Å²) in [6.45, 7) is 0.850. The normalized spacial score (nSPS) is 14.1. The lowest BCUT2D eigenvalue weighted by atomic mass is 10.1. The number of nitro groups is 1. The molecule has 20 heavy (non-hydrogen) atoms. The Balaban J connectivity index is 2.12. The Bertz CT molecular complexity index is 698. The maximum Gasteiger partial charge on any atom is 0.272 e. The first-order chi connectivity index (χ1) is 9.58. The molecule has 0 aliphatic carbocycles. The van der Waals surface area contributed by atoms with Crippen molar-refractivity contribution in [2.24, 2.45) is 0 Å². The highest BCUT2D eigenvalue weighted by Gasteiger charge is 2.22. The van der Waals surface area contributed by atoms with Gasteiger partial charge in [-0.2, -0.15) is 0 Å². The van der Waals surface area contributed by atoms with Crippen LogP contribution < -0.4 is 5.73 Å². The van der Waals surface area contributed by atoms with Crippen LogP contribution in [0, 0.1) is 15.9 Å². The molecule has 0 bridgehead atoms. The molecule has 8 heteroatoms. The van der Waals surface area contributed by atoms with E-state index in [1.807, 2.05) is 0 Å². The van der Waals surface area contributed by atoms with Gasteiger partial charge in [0.25, 0.3) is 5.69 Å². The number of nitro benzene ring substituents is 1. The monoisotopic (exact) mass is 278 g/mol. The number of nitrogens with two attached hydrogens (primary N) is 1. The van der Waals surface area contributed by atoms with Crippen molar-refractivity contribution in [1.29, 1.82) is 0 Å². The smallest absolute Gasteiger partial charge is 0.272 e. The zero-order valence-corrected chi connectivity index (χ0v) is 10.4. The van der Waals surface area contributed by atoms with Crippen molar-refractivity contribution in [2.75, 3.05) is 12.3 Å². The summed E-state index contributed by atoms with van der Waals surface area (Å²) in [5.41, 5.74) is 7.15. The minimum absolute atomic E-state index is 0.144. The van der Waals surface area contributed by atoms with Crippen molar-refractivity contribution < 1.29 is 14.1 Å². The van der Waals surface area contributed by atoms with Gasteiger partial charge in [-0.05, 0) is 6.07 Å². The van der Waals surface area contributed by atoms with E-state index in [4.69, 9.17) is 10.5 Å². The van der Waals surface area contributed by atoms with E-state index in [-0.39, 0.29) is 17.2 Å². The molecule has 1 aromatic carbocycles. The summed E-state index contributed by atoms with van der Waals surface area (Å²) in [5, 5.41) is 14.7. The van der Waals surface area contributed by atoms with Crippen molar-refractivity contribution in [3.8, 4) is 5.69 Å². The third kappa shape index (κ3) is 1.90. The summed E-state index contributed by atoms with van der Waals surface area (Å²) in [7, 11) is 0. The fourth-order valence-corrected chi connectivity index (χ4v) is 2.24. The molecule has 0 saturated heterocycles. The fraction of sp³-hybridized carbons (Fsp3) is 0.250. The first kappa shape index (κ1) is 12.5. The number of non-ortho nitro benzene ring substituents is 1. The van der Waals surface area contributed by atoms with Crippen LogP contribution in [0.3, 0.4) is 0 Å². The van der Waals surface area contributed by atoms with E-state index < -0.39 is 10.7 Å². The number of fused-ring (bicyclic) bond motifs is 1. The molecular formula is C12H11FN4O3. The van der Waals surface area contributed by atoms with Crippen molar-refractivity contribution in [3.63, 3.8) is 0 Å². The Morgan fingerprint density at radius 2 is 2.30 bits per heavy atom. The topological polar surface area (TPSA) is 96.2 Å². The largest absolute Gasteiger partial charge is 0.382 e. The fourth-order valence-electron chi connectivity index (χ4n) is 2.24. The Morgan fingerprint density at radius 3 is 3.00 bits per heavy atom. The highest BCUT2D eigenvalue weighted by Crippen LogP contribution is 2.27. The average molecular weight is 278 g/mol. The van der Waals surface area contributed by atoms with E-state index in [9.17, 15) is 14.5 Å².